The lowest BCUT2D eigenvalue weighted by Gasteiger charge is -2.29. The fraction of sp³-hybridized carbons (Fsp3) is 0.417. The van der Waals surface area contributed by atoms with Gasteiger partial charge in [0.1, 0.15) is 48.3 Å². The molecule has 0 unspecified atom stereocenters. The number of hydrogen-bond donors (Lipinski definition) is 14. The molecule has 0 saturated carbocycles. The number of benzene rings is 3. The second-order valence-corrected chi connectivity index (χ2v) is 22.2. The predicted molar refractivity (Wildman–Crippen MR) is 313 cm³/mol. The molecule has 1 aliphatic heterocycles. The van der Waals surface area contributed by atoms with Gasteiger partial charge >= 0.3 is 0 Å². The molecule has 8 amide bonds. The van der Waals surface area contributed by atoms with Crippen LogP contribution >= 0.6 is 0 Å². The summed E-state index contributed by atoms with van der Waals surface area (Å²) in [6, 6.07) is 11.1. The number of carbonyl (C=O) groups is 8. The van der Waals surface area contributed by atoms with Gasteiger partial charge in [-0.15, -0.1) is 0 Å². The Labute approximate surface area is 480 Å². The van der Waals surface area contributed by atoms with Crippen molar-refractivity contribution in [2.45, 2.75) is 134 Å². The number of nitrogens with two attached hydrogens (primary N) is 1. The van der Waals surface area contributed by atoms with Gasteiger partial charge in [0, 0.05) is 88.9 Å². The lowest BCUT2D eigenvalue weighted by Crippen LogP contribution is -2.62. The van der Waals surface area contributed by atoms with Crippen molar-refractivity contribution in [3.63, 3.8) is 0 Å². The summed E-state index contributed by atoms with van der Waals surface area (Å²) in [7, 11) is 0. The normalized spacial score (nSPS) is 22.4. The summed E-state index contributed by atoms with van der Waals surface area (Å²) in [5.74, 6) is -6.75. The number of aliphatic hydroxyl groups is 1. The Bertz CT molecular complexity index is 3380. The summed E-state index contributed by atoms with van der Waals surface area (Å²) in [4.78, 5) is 135. The summed E-state index contributed by atoms with van der Waals surface area (Å²) >= 11 is 0. The Kier molecular flexibility index (Phi) is 20.5. The number of imidazole rings is 1. The number of para-hydroxylation sites is 3. The van der Waals surface area contributed by atoms with Crippen LogP contribution in [-0.2, 0) is 64.0 Å². The zero-order chi connectivity index (χ0) is 59.2. The SMILES string of the molecule is CC(C)C[C@@H]1NC(=O)[C@H](Cc2c[nH]c3ccccc23)NC(=O)[C@H](CC(C)C)NC(=O)[C@H](Cc2c[nH]c3ccccc23)NC(=O)[C@H](Cc2cnc[nH]2)NC(=O)[C@H](CCCCN)NC(=O)[C@H](CO)NC(=O)[C@H](Cc2c[nH]c3ccccc23)NC1=O. The average Bonchev–Trinajstić information content (AvgIpc) is 4.53. The van der Waals surface area contributed by atoms with E-state index in [1.807, 2.05) is 100 Å². The second-order valence-electron chi connectivity index (χ2n) is 22.2. The molecular formula is C60H76N14O9. The van der Waals surface area contributed by atoms with Gasteiger partial charge in [0.25, 0.3) is 0 Å². The first-order chi connectivity index (χ1) is 40.0. The number of amides is 8. The van der Waals surface area contributed by atoms with Crippen LogP contribution in [0.15, 0.2) is 104 Å². The fourth-order valence-electron chi connectivity index (χ4n) is 10.6. The van der Waals surface area contributed by atoms with Crippen molar-refractivity contribution in [3.8, 4) is 0 Å². The van der Waals surface area contributed by atoms with Crippen LogP contribution in [0.1, 0.15) is 82.2 Å². The first kappa shape index (κ1) is 60.3. The highest BCUT2D eigenvalue weighted by molar-refractivity contribution is 6.00. The van der Waals surface area contributed by atoms with Crippen LogP contribution in [0.2, 0.25) is 0 Å². The van der Waals surface area contributed by atoms with E-state index in [0.717, 1.165) is 32.7 Å². The first-order valence-corrected chi connectivity index (χ1v) is 28.3. The van der Waals surface area contributed by atoms with E-state index in [9.17, 15) is 33.9 Å². The van der Waals surface area contributed by atoms with Gasteiger partial charge in [0.05, 0.1) is 12.9 Å². The molecule has 23 heteroatoms. The highest BCUT2D eigenvalue weighted by atomic mass is 16.3. The molecule has 8 atom stereocenters. The highest BCUT2D eigenvalue weighted by Gasteiger charge is 2.37. The Hall–Kier alpha value is -8.83. The van der Waals surface area contributed by atoms with Crippen LogP contribution in [-0.4, -0.2) is 139 Å². The molecule has 8 rings (SSSR count). The number of unbranched alkanes of at least 4 members (excludes halogenated alkanes) is 1. The van der Waals surface area contributed by atoms with Gasteiger partial charge in [-0.3, -0.25) is 38.4 Å². The van der Waals surface area contributed by atoms with Crippen molar-refractivity contribution in [2.75, 3.05) is 13.2 Å². The number of aromatic amines is 4. The first-order valence-electron chi connectivity index (χ1n) is 28.3. The summed E-state index contributed by atoms with van der Waals surface area (Å²) in [5, 5.41) is 35.5. The number of rotatable bonds is 17. The van der Waals surface area contributed by atoms with Crippen molar-refractivity contribution in [2.24, 2.45) is 17.6 Å². The Morgan fingerprint density at radius 3 is 1.14 bits per heavy atom. The third-order valence-electron chi connectivity index (χ3n) is 14.9. The Morgan fingerprint density at radius 2 is 0.771 bits per heavy atom. The molecule has 0 aliphatic carbocycles. The molecule has 0 bridgehead atoms. The van der Waals surface area contributed by atoms with E-state index in [1.165, 1.54) is 12.5 Å². The molecule has 0 spiro atoms. The molecule has 15 N–H and O–H groups in total. The van der Waals surface area contributed by atoms with Crippen LogP contribution in [0.5, 0.6) is 0 Å². The quantitative estimate of drug-likeness (QED) is 0.0587. The van der Waals surface area contributed by atoms with Crippen molar-refractivity contribution in [3.05, 3.63) is 126 Å². The zero-order valence-electron chi connectivity index (χ0n) is 47.1. The molecule has 5 heterocycles. The van der Waals surface area contributed by atoms with E-state index in [0.29, 0.717) is 35.2 Å². The lowest BCUT2D eigenvalue weighted by molar-refractivity contribution is -0.137. The van der Waals surface area contributed by atoms with Crippen LogP contribution in [0.25, 0.3) is 32.7 Å². The van der Waals surface area contributed by atoms with Crippen molar-refractivity contribution >= 4 is 80.0 Å². The number of nitrogens with one attached hydrogen (secondary N) is 12. The minimum Gasteiger partial charge on any atom is -0.394 e. The van der Waals surface area contributed by atoms with Gasteiger partial charge in [0.15, 0.2) is 0 Å². The average molecular weight is 1140 g/mol. The third kappa shape index (κ3) is 15.8. The number of aromatic nitrogens is 5. The van der Waals surface area contributed by atoms with E-state index >= 15 is 9.59 Å². The molecule has 4 aromatic heterocycles. The molecule has 1 saturated heterocycles. The van der Waals surface area contributed by atoms with Gasteiger partial charge in [-0.05, 0) is 85.4 Å². The van der Waals surface area contributed by atoms with E-state index < -0.39 is 102 Å². The number of fused-ring (bicyclic) bond motifs is 3. The molecule has 7 aromatic rings. The maximum Gasteiger partial charge on any atom is 0.245 e. The third-order valence-corrected chi connectivity index (χ3v) is 14.9. The molecule has 440 valence electrons. The molecule has 1 aliphatic rings. The van der Waals surface area contributed by atoms with Crippen LogP contribution in [0.3, 0.4) is 0 Å². The standard InChI is InChI=1S/C60H76N14O9/c1-33(2)21-46-54(77)70-48(23-35-27-63-42-16-8-5-13-39(35)42)56(79)68-47(22-34(3)4)55(78)71-50(25-37-29-65-44-18-10-7-15-41(37)44)58(81)74-52(31-75)60(83)67-45(19-11-12-20-61)53(76)73-51(26-38-30-62-32-66-38)59(82)72-49(57(80)69-46)24-36-28-64-43-17-9-6-14-40(36)43/h5-10,13-18,27-30,32-34,45-52,63-65,75H,11-12,19-26,31,61H2,1-4H3,(H,62,66)(H,67,83)(H,68,79)(H,69,80)(H,70,77)(H,71,78)(H,72,82)(H,73,76)(H,74,81)/t45-,46-,47-,48-,49-,50-,51-,52-/m0/s1. The topological polar surface area (TPSA) is 355 Å². The highest BCUT2D eigenvalue weighted by Crippen LogP contribution is 2.23. The summed E-state index contributed by atoms with van der Waals surface area (Å²) in [6.07, 6.45) is 8.61. The fourth-order valence-corrected chi connectivity index (χ4v) is 10.6. The zero-order valence-corrected chi connectivity index (χ0v) is 47.1. The summed E-state index contributed by atoms with van der Waals surface area (Å²) < 4.78 is 0. The minimum atomic E-state index is -1.66. The molecule has 23 nitrogen and oxygen atoms in total. The summed E-state index contributed by atoms with van der Waals surface area (Å²) in [5.41, 5.74) is 10.5. The van der Waals surface area contributed by atoms with E-state index in [1.54, 1.807) is 18.6 Å². The van der Waals surface area contributed by atoms with Crippen molar-refractivity contribution < 1.29 is 43.5 Å². The smallest absolute Gasteiger partial charge is 0.245 e. The van der Waals surface area contributed by atoms with Crippen molar-refractivity contribution in [1.82, 2.24) is 67.5 Å². The number of H-pyrrole nitrogens is 4. The molecule has 0 radical (unpaired) electrons. The van der Waals surface area contributed by atoms with Gasteiger partial charge in [-0.1, -0.05) is 82.3 Å². The molecule has 1 fully saturated rings. The lowest BCUT2D eigenvalue weighted by atomic mass is 9.98. The Morgan fingerprint density at radius 1 is 0.434 bits per heavy atom. The van der Waals surface area contributed by atoms with Crippen LogP contribution < -0.4 is 48.3 Å². The van der Waals surface area contributed by atoms with E-state index in [4.69, 9.17) is 5.73 Å². The molecule has 3 aromatic carbocycles. The summed E-state index contributed by atoms with van der Waals surface area (Å²) in [6.45, 7) is 6.78. The number of carbonyl (C=O) groups excluding carboxylic acids is 8. The Balaban J connectivity index is 1.21. The van der Waals surface area contributed by atoms with Gasteiger partial charge in [-0.25, -0.2) is 4.98 Å². The molecular weight excluding hydrogens is 1060 g/mol. The number of hydrogen-bond acceptors (Lipinski definition) is 11. The number of nitrogens with zero attached hydrogens (tertiary/aromatic N) is 1. The molecule has 83 heavy (non-hydrogen) atoms. The van der Waals surface area contributed by atoms with Gasteiger partial charge in [0.2, 0.25) is 47.3 Å². The minimum absolute atomic E-state index is 0.0228. The van der Waals surface area contributed by atoms with Crippen LogP contribution in [0, 0.1) is 11.8 Å². The largest absolute Gasteiger partial charge is 0.394 e. The maximum absolute atomic E-state index is 15.0. The maximum atomic E-state index is 15.0. The second kappa shape index (κ2) is 28.2. The number of aliphatic hydroxyl groups excluding tert-OH is 1. The van der Waals surface area contributed by atoms with Gasteiger partial charge in [-0.2, -0.15) is 0 Å². The van der Waals surface area contributed by atoms with E-state index in [2.05, 4.69) is 67.5 Å². The van der Waals surface area contributed by atoms with Crippen molar-refractivity contribution in [1.29, 1.82) is 0 Å². The van der Waals surface area contributed by atoms with Crippen LogP contribution in [0.4, 0.5) is 0 Å². The van der Waals surface area contributed by atoms with Gasteiger partial charge < -0.3 is 73.3 Å². The predicted octanol–water partition coefficient (Wildman–Crippen LogP) is 2.23. The monoisotopic (exact) mass is 1140 g/mol. The van der Waals surface area contributed by atoms with E-state index in [-0.39, 0.29) is 63.3 Å².